The van der Waals surface area contributed by atoms with Gasteiger partial charge in [-0.25, -0.2) is 0 Å². The smallest absolute Gasteiger partial charge is 0.0500 e. The van der Waals surface area contributed by atoms with E-state index in [1.54, 1.807) is 0 Å². The van der Waals surface area contributed by atoms with Crippen LogP contribution in [0, 0.1) is 5.41 Å². The van der Waals surface area contributed by atoms with Crippen LogP contribution in [-0.2, 0) is 0 Å². The molecular formula is C15H23BrN2O. The molecule has 4 heteroatoms. The van der Waals surface area contributed by atoms with Gasteiger partial charge in [-0.2, -0.15) is 0 Å². The van der Waals surface area contributed by atoms with Crippen LogP contribution in [-0.4, -0.2) is 42.8 Å². The fraction of sp³-hybridized carbons (Fsp3) is 0.600. The Morgan fingerprint density at radius 2 is 2.05 bits per heavy atom. The minimum absolute atomic E-state index is 0.155. The second kappa shape index (κ2) is 6.35. The molecule has 19 heavy (non-hydrogen) atoms. The number of halogens is 1. The molecule has 1 heterocycles. The lowest BCUT2D eigenvalue weighted by molar-refractivity contribution is 0.0305. The zero-order chi connectivity index (χ0) is 13.9. The summed E-state index contributed by atoms with van der Waals surface area (Å²) in [4.78, 5) is 2.48. The maximum atomic E-state index is 9.77. The van der Waals surface area contributed by atoms with Crippen molar-refractivity contribution in [3.8, 4) is 0 Å². The van der Waals surface area contributed by atoms with E-state index in [-0.39, 0.29) is 18.1 Å². The quantitative estimate of drug-likeness (QED) is 0.892. The second-order valence-electron chi connectivity index (χ2n) is 5.89. The molecule has 0 aliphatic carbocycles. The Morgan fingerprint density at radius 3 is 2.63 bits per heavy atom. The lowest BCUT2D eigenvalue weighted by Gasteiger charge is -2.43. The van der Waals surface area contributed by atoms with Crippen molar-refractivity contribution in [3.63, 3.8) is 0 Å². The van der Waals surface area contributed by atoms with Crippen molar-refractivity contribution in [1.82, 2.24) is 10.2 Å². The average Bonchev–Trinajstić information content (AvgIpc) is 2.40. The van der Waals surface area contributed by atoms with Crippen LogP contribution in [0.25, 0.3) is 0 Å². The van der Waals surface area contributed by atoms with E-state index in [4.69, 9.17) is 0 Å². The van der Waals surface area contributed by atoms with Crippen molar-refractivity contribution in [2.45, 2.75) is 19.9 Å². The molecule has 106 valence electrons. The number of hydrogen-bond acceptors (Lipinski definition) is 3. The first-order chi connectivity index (χ1) is 9.04. The molecule has 0 radical (unpaired) electrons. The molecule has 0 unspecified atom stereocenters. The van der Waals surface area contributed by atoms with Crippen molar-refractivity contribution in [1.29, 1.82) is 0 Å². The maximum absolute atomic E-state index is 9.77. The first-order valence-corrected chi connectivity index (χ1v) is 7.65. The van der Waals surface area contributed by atoms with E-state index >= 15 is 0 Å². The van der Waals surface area contributed by atoms with Gasteiger partial charge in [0.25, 0.3) is 0 Å². The van der Waals surface area contributed by atoms with Gasteiger partial charge in [0.2, 0.25) is 0 Å². The van der Waals surface area contributed by atoms with Gasteiger partial charge in [0.05, 0.1) is 0 Å². The van der Waals surface area contributed by atoms with E-state index in [1.165, 1.54) is 5.56 Å². The summed E-state index contributed by atoms with van der Waals surface area (Å²) >= 11 is 3.55. The van der Waals surface area contributed by atoms with Crippen LogP contribution in [0.1, 0.15) is 25.5 Å². The first-order valence-electron chi connectivity index (χ1n) is 6.86. The number of nitrogens with one attached hydrogen (secondary N) is 1. The largest absolute Gasteiger partial charge is 0.396 e. The van der Waals surface area contributed by atoms with Crippen molar-refractivity contribution in [2.24, 2.45) is 5.41 Å². The van der Waals surface area contributed by atoms with Gasteiger partial charge in [0.15, 0.2) is 0 Å². The molecule has 3 nitrogen and oxygen atoms in total. The maximum Gasteiger partial charge on any atom is 0.0500 e. The van der Waals surface area contributed by atoms with E-state index in [0.29, 0.717) is 0 Å². The minimum Gasteiger partial charge on any atom is -0.396 e. The summed E-state index contributed by atoms with van der Waals surface area (Å²) in [6.45, 7) is 8.56. The van der Waals surface area contributed by atoms with Crippen LogP contribution < -0.4 is 5.32 Å². The number of aliphatic hydroxyl groups is 1. The number of benzene rings is 1. The van der Waals surface area contributed by atoms with Gasteiger partial charge >= 0.3 is 0 Å². The van der Waals surface area contributed by atoms with Crippen LogP contribution in [0.4, 0.5) is 0 Å². The fourth-order valence-corrected chi connectivity index (χ4v) is 3.28. The highest BCUT2D eigenvalue weighted by Gasteiger charge is 2.35. The summed E-state index contributed by atoms with van der Waals surface area (Å²) in [6.07, 6.45) is 0. The SMILES string of the molecule is CC(C)(CO)[C@@H](c1cccc(Br)c1)N1CCNCC1. The van der Waals surface area contributed by atoms with Gasteiger partial charge in [-0.15, -0.1) is 0 Å². The third kappa shape index (κ3) is 3.57. The molecule has 2 N–H and O–H groups in total. The van der Waals surface area contributed by atoms with Crippen molar-refractivity contribution < 1.29 is 5.11 Å². The predicted molar refractivity (Wildman–Crippen MR) is 82.2 cm³/mol. The molecule has 0 amide bonds. The highest BCUT2D eigenvalue weighted by Crippen LogP contribution is 2.38. The minimum atomic E-state index is -0.155. The van der Waals surface area contributed by atoms with Crippen LogP contribution in [0.2, 0.25) is 0 Å². The third-order valence-corrected chi connectivity index (χ3v) is 4.32. The fourth-order valence-electron chi connectivity index (χ4n) is 2.86. The zero-order valence-corrected chi connectivity index (χ0v) is 13.3. The summed E-state index contributed by atoms with van der Waals surface area (Å²) < 4.78 is 1.10. The van der Waals surface area contributed by atoms with Gasteiger partial charge in [0, 0.05) is 48.7 Å². The summed E-state index contributed by atoms with van der Waals surface area (Å²) in [6, 6.07) is 8.70. The first kappa shape index (κ1) is 15.0. The molecule has 0 spiro atoms. The second-order valence-corrected chi connectivity index (χ2v) is 6.81. The number of nitrogens with zero attached hydrogens (tertiary/aromatic N) is 1. The Morgan fingerprint density at radius 1 is 1.37 bits per heavy atom. The number of piperazine rings is 1. The summed E-state index contributed by atoms with van der Waals surface area (Å²) in [5, 5.41) is 13.2. The average molecular weight is 327 g/mol. The van der Waals surface area contributed by atoms with Crippen LogP contribution in [0.5, 0.6) is 0 Å². The van der Waals surface area contributed by atoms with E-state index in [0.717, 1.165) is 30.7 Å². The summed E-state index contributed by atoms with van der Waals surface area (Å²) in [7, 11) is 0. The Hall–Kier alpha value is -0.420. The summed E-state index contributed by atoms with van der Waals surface area (Å²) in [5.74, 6) is 0. The van der Waals surface area contributed by atoms with E-state index in [2.05, 4.69) is 58.2 Å². The van der Waals surface area contributed by atoms with Crippen LogP contribution in [0.15, 0.2) is 28.7 Å². The summed E-state index contributed by atoms with van der Waals surface area (Å²) in [5.41, 5.74) is 1.12. The Labute approximate surface area is 124 Å². The van der Waals surface area contributed by atoms with E-state index in [1.807, 2.05) is 6.07 Å². The molecular weight excluding hydrogens is 304 g/mol. The normalized spacial score (nSPS) is 19.4. The zero-order valence-electron chi connectivity index (χ0n) is 11.7. The monoisotopic (exact) mass is 326 g/mol. The van der Waals surface area contributed by atoms with Gasteiger partial charge in [-0.05, 0) is 17.7 Å². The molecule has 1 aliphatic rings. The van der Waals surface area contributed by atoms with Gasteiger partial charge in [-0.3, -0.25) is 4.90 Å². The van der Waals surface area contributed by atoms with Gasteiger partial charge < -0.3 is 10.4 Å². The molecule has 1 saturated heterocycles. The lowest BCUT2D eigenvalue weighted by Crippen LogP contribution is -2.49. The number of hydrogen-bond donors (Lipinski definition) is 2. The van der Waals surface area contributed by atoms with Crippen LogP contribution >= 0.6 is 15.9 Å². The molecule has 0 aromatic heterocycles. The van der Waals surface area contributed by atoms with Gasteiger partial charge in [-0.1, -0.05) is 41.9 Å². The highest BCUT2D eigenvalue weighted by molar-refractivity contribution is 9.10. The van der Waals surface area contributed by atoms with Crippen molar-refractivity contribution in [2.75, 3.05) is 32.8 Å². The Balaban J connectivity index is 2.33. The highest BCUT2D eigenvalue weighted by atomic mass is 79.9. The Kier molecular flexibility index (Phi) is 5.01. The molecule has 1 fully saturated rings. The molecule has 1 aliphatic heterocycles. The molecule has 1 atom stereocenters. The lowest BCUT2D eigenvalue weighted by atomic mass is 9.80. The molecule has 1 aromatic rings. The van der Waals surface area contributed by atoms with Crippen LogP contribution in [0.3, 0.4) is 0 Å². The third-order valence-electron chi connectivity index (χ3n) is 3.83. The number of aliphatic hydroxyl groups excluding tert-OH is 1. The topological polar surface area (TPSA) is 35.5 Å². The van der Waals surface area contributed by atoms with E-state index in [9.17, 15) is 5.11 Å². The van der Waals surface area contributed by atoms with Crippen molar-refractivity contribution in [3.05, 3.63) is 34.3 Å². The van der Waals surface area contributed by atoms with E-state index < -0.39 is 0 Å². The molecule has 1 aromatic carbocycles. The Bertz CT molecular complexity index is 416. The standard InChI is InChI=1S/C15H23BrN2O/c1-15(2,11-19)14(18-8-6-17-7-9-18)12-4-3-5-13(16)10-12/h3-5,10,14,17,19H,6-9,11H2,1-2H3/t14-/m1/s1. The molecule has 0 bridgehead atoms. The molecule has 2 rings (SSSR count). The van der Waals surface area contributed by atoms with Gasteiger partial charge in [0.1, 0.15) is 0 Å². The van der Waals surface area contributed by atoms with Crippen molar-refractivity contribution >= 4 is 15.9 Å². The predicted octanol–water partition coefficient (Wildman–Crippen LogP) is 2.41. The number of rotatable bonds is 4. The molecule has 0 saturated carbocycles.